The second-order valence-electron chi connectivity index (χ2n) is 7.66. The van der Waals surface area contributed by atoms with Crippen molar-refractivity contribution < 1.29 is 11.7 Å². The number of benzene rings is 2. The molecule has 0 fully saturated rings. The number of fused-ring (bicyclic) bond motifs is 3. The normalized spacial score (nSPS) is 13.0. The van der Waals surface area contributed by atoms with E-state index >= 15 is 0 Å². The molecule has 4 rings (SSSR count). The molecular formula is C25H25N2O+. The first-order valence-corrected chi connectivity index (χ1v) is 9.53. The SMILES string of the molecule is [2H]C([2H])(c1cc(C)[n+](C)c(-c2c(C)ccc3c2oc2cccc(C#N)c23)c1)C(C)C. The van der Waals surface area contributed by atoms with Crippen LogP contribution in [0.4, 0.5) is 0 Å². The summed E-state index contributed by atoms with van der Waals surface area (Å²) >= 11 is 0. The highest BCUT2D eigenvalue weighted by molar-refractivity contribution is 6.11. The lowest BCUT2D eigenvalue weighted by atomic mass is 9.96. The number of pyridine rings is 1. The van der Waals surface area contributed by atoms with Gasteiger partial charge in [-0.3, -0.25) is 0 Å². The van der Waals surface area contributed by atoms with Crippen LogP contribution in [-0.4, -0.2) is 0 Å². The van der Waals surface area contributed by atoms with Crippen molar-refractivity contribution in [3.05, 3.63) is 64.8 Å². The summed E-state index contributed by atoms with van der Waals surface area (Å²) in [6.07, 6.45) is -1.45. The van der Waals surface area contributed by atoms with Crippen molar-refractivity contribution in [3.8, 4) is 17.3 Å². The molecule has 2 aromatic heterocycles. The van der Waals surface area contributed by atoms with Gasteiger partial charge in [0, 0.05) is 32.6 Å². The Morgan fingerprint density at radius 1 is 1.18 bits per heavy atom. The van der Waals surface area contributed by atoms with Crippen LogP contribution in [0.15, 0.2) is 46.9 Å². The van der Waals surface area contributed by atoms with Gasteiger partial charge in [-0.25, -0.2) is 0 Å². The van der Waals surface area contributed by atoms with Crippen LogP contribution >= 0.6 is 0 Å². The van der Waals surface area contributed by atoms with Gasteiger partial charge in [0.2, 0.25) is 5.69 Å². The molecular weight excluding hydrogens is 344 g/mol. The Morgan fingerprint density at radius 3 is 2.68 bits per heavy atom. The minimum Gasteiger partial charge on any atom is -0.455 e. The van der Waals surface area contributed by atoms with E-state index in [0.29, 0.717) is 16.7 Å². The monoisotopic (exact) mass is 371 g/mol. The maximum absolute atomic E-state index is 9.58. The Morgan fingerprint density at radius 2 is 1.96 bits per heavy atom. The van der Waals surface area contributed by atoms with Crippen molar-refractivity contribution in [2.24, 2.45) is 13.0 Å². The van der Waals surface area contributed by atoms with E-state index in [1.807, 2.05) is 71.1 Å². The molecule has 0 aliphatic carbocycles. The van der Waals surface area contributed by atoms with Crippen LogP contribution in [0.25, 0.3) is 33.2 Å². The summed E-state index contributed by atoms with van der Waals surface area (Å²) in [6, 6.07) is 15.7. The third kappa shape index (κ3) is 2.86. The number of furan rings is 1. The first kappa shape index (κ1) is 15.9. The van der Waals surface area contributed by atoms with Crippen LogP contribution in [0.2, 0.25) is 0 Å². The minimum absolute atomic E-state index is 0.154. The van der Waals surface area contributed by atoms with E-state index in [-0.39, 0.29) is 5.92 Å². The highest BCUT2D eigenvalue weighted by atomic mass is 16.3. The summed E-state index contributed by atoms with van der Waals surface area (Å²) in [5.41, 5.74) is 6.50. The fourth-order valence-corrected chi connectivity index (χ4v) is 3.85. The molecule has 0 atom stereocenters. The molecule has 4 aromatic rings. The average Bonchev–Trinajstić information content (AvgIpc) is 3.08. The molecule has 0 aliphatic heterocycles. The standard InChI is InChI=1S/C25H25N2O/c1-15(2)11-18-12-17(4)27(5)21(13-18)23-16(3)9-10-20-24-19(14-26)7-6-8-22(24)28-25(20)23/h6-10,12-13,15H,11H2,1-5H3/q+1/i11D2. The van der Waals surface area contributed by atoms with E-state index < -0.39 is 6.37 Å². The topological polar surface area (TPSA) is 40.8 Å². The molecule has 0 bridgehead atoms. The van der Waals surface area contributed by atoms with E-state index in [1.54, 1.807) is 6.07 Å². The zero-order valence-corrected chi connectivity index (χ0v) is 16.9. The zero-order chi connectivity index (χ0) is 21.8. The van der Waals surface area contributed by atoms with E-state index in [1.165, 1.54) is 0 Å². The maximum atomic E-state index is 9.58. The summed E-state index contributed by atoms with van der Waals surface area (Å²) in [4.78, 5) is 0. The molecule has 0 saturated carbocycles. The first-order valence-electron chi connectivity index (χ1n) is 10.5. The maximum Gasteiger partial charge on any atom is 0.216 e. The van der Waals surface area contributed by atoms with Gasteiger partial charge in [-0.05, 0) is 42.5 Å². The molecule has 0 aliphatic rings. The lowest BCUT2D eigenvalue weighted by Crippen LogP contribution is -2.35. The summed E-state index contributed by atoms with van der Waals surface area (Å²) in [5.74, 6) is -0.154. The molecule has 0 radical (unpaired) electrons. The van der Waals surface area contributed by atoms with Crippen molar-refractivity contribution in [2.75, 3.05) is 0 Å². The summed E-state index contributed by atoms with van der Waals surface area (Å²) in [6.45, 7) is 7.82. The number of hydrogen-bond acceptors (Lipinski definition) is 2. The minimum atomic E-state index is -1.45. The number of aryl methyl sites for hydroxylation is 2. The van der Waals surface area contributed by atoms with Gasteiger partial charge in [0.25, 0.3) is 0 Å². The summed E-state index contributed by atoms with van der Waals surface area (Å²) in [7, 11) is 1.99. The second kappa shape index (κ2) is 6.80. The highest BCUT2D eigenvalue weighted by Gasteiger charge is 2.23. The molecule has 28 heavy (non-hydrogen) atoms. The van der Waals surface area contributed by atoms with Crippen LogP contribution in [0.1, 0.15) is 39.0 Å². The largest absolute Gasteiger partial charge is 0.455 e. The number of nitriles is 1. The number of nitrogens with zero attached hydrogens (tertiary/aromatic N) is 2. The fourth-order valence-electron chi connectivity index (χ4n) is 3.85. The van der Waals surface area contributed by atoms with Gasteiger partial charge < -0.3 is 4.42 Å². The number of rotatable bonds is 3. The van der Waals surface area contributed by atoms with Crippen molar-refractivity contribution in [3.63, 3.8) is 0 Å². The molecule has 3 heteroatoms. The van der Waals surface area contributed by atoms with Gasteiger partial charge in [0.1, 0.15) is 18.2 Å². The Hall–Kier alpha value is -3.12. The van der Waals surface area contributed by atoms with Crippen LogP contribution in [0.5, 0.6) is 0 Å². The Kier molecular flexibility index (Phi) is 3.86. The Balaban J connectivity index is 2.11. The highest BCUT2D eigenvalue weighted by Crippen LogP contribution is 2.38. The van der Waals surface area contributed by atoms with Crippen LogP contribution < -0.4 is 4.57 Å². The Labute approximate surface area is 168 Å². The second-order valence-corrected chi connectivity index (χ2v) is 7.66. The van der Waals surface area contributed by atoms with Crippen LogP contribution in [0.3, 0.4) is 0 Å². The molecule has 0 amide bonds. The van der Waals surface area contributed by atoms with Gasteiger partial charge in [-0.1, -0.05) is 32.0 Å². The van der Waals surface area contributed by atoms with E-state index in [9.17, 15) is 5.26 Å². The van der Waals surface area contributed by atoms with E-state index in [0.717, 1.165) is 38.9 Å². The van der Waals surface area contributed by atoms with Crippen molar-refractivity contribution >= 4 is 21.9 Å². The van der Waals surface area contributed by atoms with Crippen LogP contribution in [-0.2, 0) is 13.4 Å². The third-order valence-corrected chi connectivity index (χ3v) is 5.25. The lowest BCUT2D eigenvalue weighted by Gasteiger charge is -2.11. The quantitative estimate of drug-likeness (QED) is 0.429. The zero-order valence-electron chi connectivity index (χ0n) is 18.9. The number of hydrogen-bond donors (Lipinski definition) is 0. The van der Waals surface area contributed by atoms with Gasteiger partial charge in [-0.2, -0.15) is 9.83 Å². The molecule has 3 nitrogen and oxygen atoms in total. The molecule has 0 saturated heterocycles. The predicted molar refractivity (Wildman–Crippen MR) is 113 cm³/mol. The average molecular weight is 372 g/mol. The number of aromatic nitrogens is 1. The Bertz CT molecular complexity index is 1340. The first-order chi connectivity index (χ1) is 14.2. The molecule has 140 valence electrons. The van der Waals surface area contributed by atoms with Gasteiger partial charge in [-0.15, -0.1) is 0 Å². The smallest absolute Gasteiger partial charge is 0.216 e. The van der Waals surface area contributed by atoms with Crippen molar-refractivity contribution in [1.82, 2.24) is 0 Å². The lowest BCUT2D eigenvalue weighted by molar-refractivity contribution is -0.666. The van der Waals surface area contributed by atoms with Crippen molar-refractivity contribution in [2.45, 2.75) is 34.1 Å². The molecule has 2 heterocycles. The van der Waals surface area contributed by atoms with Gasteiger partial charge in [0.05, 0.1) is 17.2 Å². The van der Waals surface area contributed by atoms with Crippen LogP contribution in [0, 0.1) is 31.1 Å². The van der Waals surface area contributed by atoms with E-state index in [4.69, 9.17) is 7.16 Å². The van der Waals surface area contributed by atoms with Gasteiger partial charge in [0.15, 0.2) is 5.69 Å². The molecule has 0 unspecified atom stereocenters. The molecule has 0 N–H and O–H groups in total. The van der Waals surface area contributed by atoms with Gasteiger partial charge >= 0.3 is 0 Å². The third-order valence-electron chi connectivity index (χ3n) is 5.25. The molecule has 0 spiro atoms. The fraction of sp³-hybridized carbons (Fsp3) is 0.280. The van der Waals surface area contributed by atoms with E-state index in [2.05, 4.69) is 10.6 Å². The molecule has 2 aromatic carbocycles. The predicted octanol–water partition coefficient (Wildman–Crippen LogP) is 5.76. The summed E-state index contributed by atoms with van der Waals surface area (Å²) < 4.78 is 25.5. The summed E-state index contributed by atoms with van der Waals surface area (Å²) in [5, 5.41) is 11.3. The van der Waals surface area contributed by atoms with Crippen molar-refractivity contribution in [1.29, 1.82) is 5.26 Å².